The van der Waals surface area contributed by atoms with Crippen molar-refractivity contribution in [2.75, 3.05) is 6.54 Å². The van der Waals surface area contributed by atoms with E-state index in [2.05, 4.69) is 27.1 Å². The van der Waals surface area contributed by atoms with E-state index >= 15 is 0 Å². The van der Waals surface area contributed by atoms with Gasteiger partial charge in [-0.1, -0.05) is 18.2 Å². The van der Waals surface area contributed by atoms with Gasteiger partial charge in [0.1, 0.15) is 6.04 Å². The second-order valence-corrected chi connectivity index (χ2v) is 5.97. The Morgan fingerprint density at radius 3 is 3.09 bits per heavy atom. The highest BCUT2D eigenvalue weighted by atomic mass is 16.4. The number of hydrogen-bond acceptors (Lipinski definition) is 3. The first-order chi connectivity index (χ1) is 11.2. The van der Waals surface area contributed by atoms with Crippen LogP contribution in [0.4, 0.5) is 0 Å². The largest absolute Gasteiger partial charge is 0.480 e. The van der Waals surface area contributed by atoms with Gasteiger partial charge in [-0.3, -0.25) is 9.69 Å². The number of aliphatic carboxylic acids is 1. The standard InChI is InChI=1S/C17H18N4O2/c22-17(23)16-7-14-15(20-10-19-14)9-21(16)6-5-11-8-18-13-4-2-1-3-12(11)13/h1-4,8,10,16,18H,5-7,9H2,(H,19,20)(H,22,23)/t16-/m1/s1. The second kappa shape index (κ2) is 5.55. The van der Waals surface area contributed by atoms with Crippen molar-refractivity contribution in [1.29, 1.82) is 0 Å². The number of nitrogens with zero attached hydrogens (tertiary/aromatic N) is 2. The number of carboxylic acid groups (broad SMARTS) is 1. The van der Waals surface area contributed by atoms with Crippen LogP contribution in [0.2, 0.25) is 0 Å². The molecule has 1 aliphatic heterocycles. The lowest BCUT2D eigenvalue weighted by atomic mass is 10.0. The van der Waals surface area contributed by atoms with Gasteiger partial charge in [0.05, 0.1) is 17.7 Å². The average molecular weight is 310 g/mol. The summed E-state index contributed by atoms with van der Waals surface area (Å²) < 4.78 is 0. The Bertz CT molecular complexity index is 851. The maximum absolute atomic E-state index is 11.6. The van der Waals surface area contributed by atoms with Crippen LogP contribution < -0.4 is 0 Å². The van der Waals surface area contributed by atoms with Crippen molar-refractivity contribution in [1.82, 2.24) is 19.9 Å². The molecule has 0 radical (unpaired) electrons. The molecule has 0 aliphatic carbocycles. The zero-order valence-electron chi connectivity index (χ0n) is 12.6. The molecule has 0 bridgehead atoms. The molecule has 0 fully saturated rings. The number of aromatic amines is 2. The molecule has 0 saturated carbocycles. The SMILES string of the molecule is O=C(O)[C@H]1Cc2nc[nH]c2CN1CCc1c[nH]c2ccccc12. The van der Waals surface area contributed by atoms with Gasteiger partial charge in [-0.15, -0.1) is 0 Å². The zero-order valence-corrected chi connectivity index (χ0v) is 12.6. The van der Waals surface area contributed by atoms with Gasteiger partial charge in [-0.2, -0.15) is 0 Å². The quantitative estimate of drug-likeness (QED) is 0.687. The van der Waals surface area contributed by atoms with Gasteiger partial charge in [0.25, 0.3) is 0 Å². The topological polar surface area (TPSA) is 85.0 Å². The monoisotopic (exact) mass is 310 g/mol. The minimum atomic E-state index is -0.780. The van der Waals surface area contributed by atoms with Gasteiger partial charge < -0.3 is 15.1 Å². The molecule has 23 heavy (non-hydrogen) atoms. The summed E-state index contributed by atoms with van der Waals surface area (Å²) in [6, 6.07) is 7.68. The number of rotatable bonds is 4. The van der Waals surface area contributed by atoms with Crippen LogP contribution in [-0.2, 0) is 24.2 Å². The van der Waals surface area contributed by atoms with Gasteiger partial charge >= 0.3 is 5.97 Å². The number of para-hydroxylation sites is 1. The molecule has 0 unspecified atom stereocenters. The number of carboxylic acids is 1. The number of H-pyrrole nitrogens is 2. The maximum Gasteiger partial charge on any atom is 0.321 e. The molecule has 1 aromatic carbocycles. The van der Waals surface area contributed by atoms with Crippen molar-refractivity contribution in [3.8, 4) is 0 Å². The highest BCUT2D eigenvalue weighted by Crippen LogP contribution is 2.23. The lowest BCUT2D eigenvalue weighted by Crippen LogP contribution is -2.46. The number of benzene rings is 1. The van der Waals surface area contributed by atoms with Crippen molar-refractivity contribution < 1.29 is 9.90 Å². The van der Waals surface area contributed by atoms with Gasteiger partial charge in [-0.25, -0.2) is 4.98 Å². The maximum atomic E-state index is 11.6. The van der Waals surface area contributed by atoms with E-state index in [-0.39, 0.29) is 0 Å². The smallest absolute Gasteiger partial charge is 0.321 e. The predicted molar refractivity (Wildman–Crippen MR) is 86.1 cm³/mol. The normalized spacial score (nSPS) is 18.2. The number of fused-ring (bicyclic) bond motifs is 2. The Kier molecular flexibility index (Phi) is 3.38. The third-order valence-electron chi connectivity index (χ3n) is 4.62. The molecule has 2 aromatic heterocycles. The Hall–Kier alpha value is -2.60. The Balaban J connectivity index is 1.54. The molecule has 6 heteroatoms. The molecule has 118 valence electrons. The van der Waals surface area contributed by atoms with E-state index in [1.165, 1.54) is 10.9 Å². The van der Waals surface area contributed by atoms with Gasteiger partial charge in [-0.05, 0) is 18.1 Å². The van der Waals surface area contributed by atoms with Crippen molar-refractivity contribution in [3.63, 3.8) is 0 Å². The molecular formula is C17H18N4O2. The molecular weight excluding hydrogens is 292 g/mol. The van der Waals surface area contributed by atoms with Crippen molar-refractivity contribution in [3.05, 3.63) is 53.7 Å². The summed E-state index contributed by atoms with van der Waals surface area (Å²) in [5.41, 5.74) is 4.24. The third-order valence-corrected chi connectivity index (χ3v) is 4.62. The summed E-state index contributed by atoms with van der Waals surface area (Å²) in [4.78, 5) is 24.2. The van der Waals surface area contributed by atoms with Crippen LogP contribution in [0, 0.1) is 0 Å². The average Bonchev–Trinajstić information content (AvgIpc) is 3.18. The van der Waals surface area contributed by atoms with Crippen LogP contribution in [0.25, 0.3) is 10.9 Å². The molecule has 3 aromatic rings. The summed E-state index contributed by atoms with van der Waals surface area (Å²) in [5, 5.41) is 10.7. The van der Waals surface area contributed by atoms with E-state index in [0.29, 0.717) is 19.5 Å². The van der Waals surface area contributed by atoms with Crippen LogP contribution in [0.15, 0.2) is 36.8 Å². The van der Waals surface area contributed by atoms with E-state index < -0.39 is 12.0 Å². The fraction of sp³-hybridized carbons (Fsp3) is 0.294. The van der Waals surface area contributed by atoms with Crippen molar-refractivity contribution in [2.24, 2.45) is 0 Å². The Labute approximate surface area is 133 Å². The highest BCUT2D eigenvalue weighted by Gasteiger charge is 2.32. The summed E-state index contributed by atoms with van der Waals surface area (Å²) in [7, 11) is 0. The van der Waals surface area contributed by atoms with Crippen LogP contribution in [0.3, 0.4) is 0 Å². The molecule has 4 rings (SSSR count). The molecule has 1 atom stereocenters. The number of carbonyl (C=O) groups is 1. The number of imidazole rings is 1. The Morgan fingerprint density at radius 2 is 2.22 bits per heavy atom. The minimum Gasteiger partial charge on any atom is -0.480 e. The van der Waals surface area contributed by atoms with E-state index in [4.69, 9.17) is 0 Å². The second-order valence-electron chi connectivity index (χ2n) is 5.97. The van der Waals surface area contributed by atoms with E-state index in [1.807, 2.05) is 23.2 Å². The lowest BCUT2D eigenvalue weighted by molar-refractivity contribution is -0.144. The minimum absolute atomic E-state index is 0.460. The summed E-state index contributed by atoms with van der Waals surface area (Å²) in [6.07, 6.45) is 4.94. The first kappa shape index (κ1) is 14.0. The lowest BCUT2D eigenvalue weighted by Gasteiger charge is -2.32. The molecule has 3 N–H and O–H groups in total. The van der Waals surface area contributed by atoms with Crippen molar-refractivity contribution >= 4 is 16.9 Å². The highest BCUT2D eigenvalue weighted by molar-refractivity contribution is 5.83. The molecule has 0 saturated heterocycles. The van der Waals surface area contributed by atoms with Crippen LogP contribution >= 0.6 is 0 Å². The van der Waals surface area contributed by atoms with Gasteiger partial charge in [0, 0.05) is 36.6 Å². The summed E-state index contributed by atoms with van der Waals surface area (Å²) in [6.45, 7) is 1.31. The number of nitrogens with one attached hydrogen (secondary N) is 2. The first-order valence-electron chi connectivity index (χ1n) is 7.75. The number of hydrogen-bond donors (Lipinski definition) is 3. The molecule has 6 nitrogen and oxygen atoms in total. The Morgan fingerprint density at radius 1 is 1.35 bits per heavy atom. The molecule has 0 spiro atoms. The van der Waals surface area contributed by atoms with Gasteiger partial charge in [0.15, 0.2) is 0 Å². The zero-order chi connectivity index (χ0) is 15.8. The van der Waals surface area contributed by atoms with Crippen LogP contribution in [0.5, 0.6) is 0 Å². The van der Waals surface area contributed by atoms with E-state index in [1.54, 1.807) is 6.33 Å². The summed E-state index contributed by atoms with van der Waals surface area (Å²) >= 11 is 0. The fourth-order valence-electron chi connectivity index (χ4n) is 3.37. The fourth-order valence-corrected chi connectivity index (χ4v) is 3.37. The van der Waals surface area contributed by atoms with Crippen LogP contribution in [0.1, 0.15) is 17.0 Å². The molecule has 0 amide bonds. The van der Waals surface area contributed by atoms with E-state index in [9.17, 15) is 9.90 Å². The molecule has 3 heterocycles. The third kappa shape index (κ3) is 2.51. The van der Waals surface area contributed by atoms with Crippen molar-refractivity contribution in [2.45, 2.75) is 25.4 Å². The van der Waals surface area contributed by atoms with Crippen LogP contribution in [-0.4, -0.2) is 43.5 Å². The summed E-state index contributed by atoms with van der Waals surface area (Å²) in [5.74, 6) is -0.780. The van der Waals surface area contributed by atoms with Gasteiger partial charge in [0.2, 0.25) is 0 Å². The number of aromatic nitrogens is 3. The van der Waals surface area contributed by atoms with E-state index in [0.717, 1.165) is 23.3 Å². The first-order valence-corrected chi connectivity index (χ1v) is 7.75. The molecule has 1 aliphatic rings. The predicted octanol–water partition coefficient (Wildman–Crippen LogP) is 1.94.